The smallest absolute Gasteiger partial charge is 0.226 e. The Bertz CT molecular complexity index is 346. The Morgan fingerprint density at radius 2 is 2.17 bits per heavy atom. The molecular weight excluding hydrogens is 258 g/mol. The lowest BCUT2D eigenvalue weighted by Crippen LogP contribution is -2.15. The predicted molar refractivity (Wildman–Crippen MR) is 71.8 cm³/mol. The first-order valence-corrected chi connectivity index (χ1v) is 5.30. The molecular formula is C11H18ClN3O3. The molecule has 0 bridgehead atoms. The van der Waals surface area contributed by atoms with Gasteiger partial charge in [-0.15, -0.1) is 12.4 Å². The van der Waals surface area contributed by atoms with E-state index in [0.29, 0.717) is 37.7 Å². The van der Waals surface area contributed by atoms with E-state index in [1.165, 1.54) is 6.20 Å². The predicted octanol–water partition coefficient (Wildman–Crippen LogP) is 1.08. The number of aromatic nitrogens is 1. The van der Waals surface area contributed by atoms with Crippen molar-refractivity contribution in [3.8, 4) is 0 Å². The molecule has 0 unspecified atom stereocenters. The van der Waals surface area contributed by atoms with Gasteiger partial charge in [0.25, 0.3) is 0 Å². The van der Waals surface area contributed by atoms with Crippen LogP contribution in [0, 0.1) is 0 Å². The van der Waals surface area contributed by atoms with Gasteiger partial charge in [0.15, 0.2) is 0 Å². The Morgan fingerprint density at radius 3 is 2.78 bits per heavy atom. The monoisotopic (exact) mass is 275 g/mol. The lowest BCUT2D eigenvalue weighted by Gasteiger charge is -2.05. The molecule has 0 fully saturated rings. The summed E-state index contributed by atoms with van der Waals surface area (Å²) in [6, 6.07) is 3.33. The van der Waals surface area contributed by atoms with Crippen LogP contribution in [-0.4, -0.2) is 37.8 Å². The number of hydrogen-bond acceptors (Lipinski definition) is 5. The fourth-order valence-corrected chi connectivity index (χ4v) is 1.11. The molecule has 1 aromatic heterocycles. The number of methoxy groups -OCH3 is 1. The third-order valence-electron chi connectivity index (χ3n) is 1.98. The Morgan fingerprint density at radius 1 is 1.39 bits per heavy atom. The van der Waals surface area contributed by atoms with Crippen LogP contribution in [0.5, 0.6) is 0 Å². The van der Waals surface area contributed by atoms with Crippen LogP contribution >= 0.6 is 12.4 Å². The van der Waals surface area contributed by atoms with Gasteiger partial charge in [-0.3, -0.25) is 4.79 Å². The maximum absolute atomic E-state index is 11.4. The molecule has 1 heterocycles. The van der Waals surface area contributed by atoms with E-state index in [0.717, 1.165) is 0 Å². The number of carbonyl (C=O) groups is 1. The molecule has 0 atom stereocenters. The number of nitrogen functional groups attached to an aromatic ring is 1. The van der Waals surface area contributed by atoms with E-state index in [1.807, 2.05) is 0 Å². The number of pyridine rings is 1. The summed E-state index contributed by atoms with van der Waals surface area (Å²) < 4.78 is 9.99. The van der Waals surface area contributed by atoms with Crippen molar-refractivity contribution in [1.82, 2.24) is 4.98 Å². The number of anilines is 2. The largest absolute Gasteiger partial charge is 0.384 e. The van der Waals surface area contributed by atoms with Crippen molar-refractivity contribution >= 4 is 29.8 Å². The van der Waals surface area contributed by atoms with Gasteiger partial charge in [0.2, 0.25) is 5.91 Å². The molecule has 0 aliphatic rings. The third kappa shape index (κ3) is 7.05. The highest BCUT2D eigenvalue weighted by atomic mass is 35.5. The topological polar surface area (TPSA) is 86.5 Å². The minimum atomic E-state index is -0.117. The van der Waals surface area contributed by atoms with Crippen molar-refractivity contribution in [3.05, 3.63) is 18.3 Å². The van der Waals surface area contributed by atoms with Crippen LogP contribution in [0.25, 0.3) is 0 Å². The fraction of sp³-hybridized carbons (Fsp3) is 0.455. The minimum Gasteiger partial charge on any atom is -0.384 e. The number of rotatable bonds is 7. The molecule has 6 nitrogen and oxygen atoms in total. The Labute approximate surface area is 112 Å². The molecule has 18 heavy (non-hydrogen) atoms. The summed E-state index contributed by atoms with van der Waals surface area (Å²) in [6.45, 7) is 1.40. The maximum Gasteiger partial charge on any atom is 0.226 e. The van der Waals surface area contributed by atoms with E-state index in [2.05, 4.69) is 10.3 Å². The molecule has 0 aliphatic heterocycles. The second kappa shape index (κ2) is 9.64. The standard InChI is InChI=1S/C11H17N3O3.ClH/c1-16-6-7-17-5-4-11(15)14-9-2-3-10(12)13-8-9;/h2-3,8H,4-7H2,1H3,(H2,12,13)(H,14,15);1H. The Kier molecular flexibility index (Phi) is 8.91. The van der Waals surface area contributed by atoms with Crippen LogP contribution < -0.4 is 11.1 Å². The first kappa shape index (κ1) is 16.6. The summed E-state index contributed by atoms with van der Waals surface area (Å²) in [5.74, 6) is 0.305. The van der Waals surface area contributed by atoms with Crippen molar-refractivity contribution < 1.29 is 14.3 Å². The molecule has 1 amide bonds. The van der Waals surface area contributed by atoms with Gasteiger partial charge in [0.05, 0.1) is 38.1 Å². The number of halogens is 1. The van der Waals surface area contributed by atoms with Crippen LogP contribution in [0.3, 0.4) is 0 Å². The highest BCUT2D eigenvalue weighted by Crippen LogP contribution is 2.07. The molecule has 0 aliphatic carbocycles. The number of nitrogens with one attached hydrogen (secondary N) is 1. The van der Waals surface area contributed by atoms with E-state index in [4.69, 9.17) is 15.2 Å². The zero-order valence-corrected chi connectivity index (χ0v) is 11.0. The highest BCUT2D eigenvalue weighted by molar-refractivity contribution is 5.90. The average Bonchev–Trinajstić information content (AvgIpc) is 2.32. The van der Waals surface area contributed by atoms with Crippen molar-refractivity contribution in [2.75, 3.05) is 38.0 Å². The van der Waals surface area contributed by atoms with Crippen LogP contribution in [0.2, 0.25) is 0 Å². The molecule has 0 aromatic carbocycles. The van der Waals surface area contributed by atoms with Gasteiger partial charge in [0.1, 0.15) is 5.82 Å². The first-order chi connectivity index (χ1) is 8.22. The number of ether oxygens (including phenoxy) is 2. The summed E-state index contributed by atoms with van der Waals surface area (Å²) in [5.41, 5.74) is 6.05. The summed E-state index contributed by atoms with van der Waals surface area (Å²) in [5, 5.41) is 2.69. The quantitative estimate of drug-likeness (QED) is 0.727. The maximum atomic E-state index is 11.4. The second-order valence-corrected chi connectivity index (χ2v) is 3.38. The van der Waals surface area contributed by atoms with Crippen LogP contribution in [0.1, 0.15) is 6.42 Å². The average molecular weight is 276 g/mol. The van der Waals surface area contributed by atoms with Gasteiger partial charge >= 0.3 is 0 Å². The molecule has 0 saturated heterocycles. The van der Waals surface area contributed by atoms with Crippen molar-refractivity contribution in [2.24, 2.45) is 0 Å². The highest BCUT2D eigenvalue weighted by Gasteiger charge is 2.02. The SMILES string of the molecule is COCCOCCC(=O)Nc1ccc(N)nc1.Cl. The van der Waals surface area contributed by atoms with E-state index >= 15 is 0 Å². The summed E-state index contributed by atoms with van der Waals surface area (Å²) in [7, 11) is 1.60. The van der Waals surface area contributed by atoms with Gasteiger partial charge < -0.3 is 20.5 Å². The molecule has 102 valence electrons. The zero-order valence-electron chi connectivity index (χ0n) is 10.2. The Balaban J connectivity index is 0.00000289. The first-order valence-electron chi connectivity index (χ1n) is 5.30. The van der Waals surface area contributed by atoms with Gasteiger partial charge in [0, 0.05) is 7.11 Å². The van der Waals surface area contributed by atoms with Crippen LogP contribution in [-0.2, 0) is 14.3 Å². The van der Waals surface area contributed by atoms with Crippen LogP contribution in [0.4, 0.5) is 11.5 Å². The zero-order chi connectivity index (χ0) is 12.5. The summed E-state index contributed by atoms with van der Waals surface area (Å²) >= 11 is 0. The second-order valence-electron chi connectivity index (χ2n) is 3.38. The molecule has 3 N–H and O–H groups in total. The lowest BCUT2D eigenvalue weighted by atomic mass is 10.3. The van der Waals surface area contributed by atoms with Crippen LogP contribution in [0.15, 0.2) is 18.3 Å². The van der Waals surface area contributed by atoms with E-state index in [1.54, 1.807) is 19.2 Å². The fourth-order valence-electron chi connectivity index (χ4n) is 1.11. The number of nitrogens with two attached hydrogens (primary N) is 1. The summed E-state index contributed by atoms with van der Waals surface area (Å²) in [6.07, 6.45) is 1.81. The lowest BCUT2D eigenvalue weighted by molar-refractivity contribution is -0.117. The molecule has 7 heteroatoms. The molecule has 0 saturated carbocycles. The van der Waals surface area contributed by atoms with E-state index in [9.17, 15) is 4.79 Å². The van der Waals surface area contributed by atoms with Gasteiger partial charge in [-0.25, -0.2) is 4.98 Å². The van der Waals surface area contributed by atoms with Gasteiger partial charge in [-0.2, -0.15) is 0 Å². The van der Waals surface area contributed by atoms with Gasteiger partial charge in [-0.1, -0.05) is 0 Å². The number of amides is 1. The van der Waals surface area contributed by atoms with Crippen molar-refractivity contribution in [1.29, 1.82) is 0 Å². The minimum absolute atomic E-state index is 0. The Hall–Kier alpha value is -1.37. The number of carbonyl (C=O) groups excluding carboxylic acids is 1. The van der Waals surface area contributed by atoms with Gasteiger partial charge in [-0.05, 0) is 12.1 Å². The molecule has 1 aromatic rings. The summed E-state index contributed by atoms with van der Waals surface area (Å²) in [4.78, 5) is 15.3. The van der Waals surface area contributed by atoms with Crippen molar-refractivity contribution in [3.63, 3.8) is 0 Å². The molecule has 0 radical (unpaired) electrons. The molecule has 0 spiro atoms. The van der Waals surface area contributed by atoms with E-state index < -0.39 is 0 Å². The molecule has 1 rings (SSSR count). The van der Waals surface area contributed by atoms with E-state index in [-0.39, 0.29) is 18.3 Å². The van der Waals surface area contributed by atoms with Crippen molar-refractivity contribution in [2.45, 2.75) is 6.42 Å². The number of hydrogen-bond donors (Lipinski definition) is 2. The number of nitrogens with zero attached hydrogens (tertiary/aromatic N) is 1. The third-order valence-corrected chi connectivity index (χ3v) is 1.98. The normalized spacial score (nSPS) is 9.61.